The Morgan fingerprint density at radius 1 is 1.40 bits per heavy atom. The molecule has 0 saturated carbocycles. The van der Waals surface area contributed by atoms with E-state index in [0.29, 0.717) is 20.6 Å². The molecule has 128 valence electrons. The number of ether oxygens (including phenoxy) is 2. The number of aliphatic carboxylic acids is 1. The SMILES string of the molecule is COc1cc(C=C(C#N)c2ccccc2F)cc(I)c1OCC(=O)O. The van der Waals surface area contributed by atoms with Crippen LogP contribution in [0, 0.1) is 20.7 Å². The highest BCUT2D eigenvalue weighted by Crippen LogP contribution is 2.35. The fourth-order valence-electron chi connectivity index (χ4n) is 2.11. The van der Waals surface area contributed by atoms with E-state index < -0.39 is 18.4 Å². The van der Waals surface area contributed by atoms with Crippen LogP contribution >= 0.6 is 22.6 Å². The second-order valence-corrected chi connectivity index (χ2v) is 6.03. The van der Waals surface area contributed by atoms with Crippen LogP contribution in [0.25, 0.3) is 11.6 Å². The normalized spacial score (nSPS) is 10.9. The molecule has 0 spiro atoms. The number of carboxylic acids is 1. The molecule has 1 N–H and O–H groups in total. The maximum atomic E-state index is 13.9. The van der Waals surface area contributed by atoms with E-state index in [1.165, 1.54) is 25.3 Å². The van der Waals surface area contributed by atoms with Crippen molar-refractivity contribution in [3.05, 3.63) is 56.9 Å². The fourth-order valence-corrected chi connectivity index (χ4v) is 2.89. The average molecular weight is 453 g/mol. The lowest BCUT2D eigenvalue weighted by Crippen LogP contribution is -2.11. The molecular formula is C18H13FINO4. The molecule has 0 saturated heterocycles. The summed E-state index contributed by atoms with van der Waals surface area (Å²) in [6, 6.07) is 11.3. The lowest BCUT2D eigenvalue weighted by Gasteiger charge is -2.12. The molecule has 25 heavy (non-hydrogen) atoms. The summed E-state index contributed by atoms with van der Waals surface area (Å²) in [7, 11) is 1.43. The van der Waals surface area contributed by atoms with E-state index in [1.54, 1.807) is 24.3 Å². The van der Waals surface area contributed by atoms with Gasteiger partial charge < -0.3 is 14.6 Å². The third-order valence-corrected chi connectivity index (χ3v) is 3.99. The Morgan fingerprint density at radius 2 is 2.12 bits per heavy atom. The van der Waals surface area contributed by atoms with Gasteiger partial charge in [0.1, 0.15) is 5.82 Å². The predicted molar refractivity (Wildman–Crippen MR) is 98.7 cm³/mol. The first-order valence-corrected chi connectivity index (χ1v) is 8.13. The van der Waals surface area contributed by atoms with Gasteiger partial charge in [-0.15, -0.1) is 0 Å². The topological polar surface area (TPSA) is 79.5 Å². The summed E-state index contributed by atoms with van der Waals surface area (Å²) in [6.07, 6.45) is 1.53. The van der Waals surface area contributed by atoms with Crippen LogP contribution in [0.2, 0.25) is 0 Å². The van der Waals surface area contributed by atoms with E-state index in [-0.39, 0.29) is 11.1 Å². The molecule has 0 aliphatic carbocycles. The Labute approximate surface area is 157 Å². The number of benzene rings is 2. The van der Waals surface area contributed by atoms with Gasteiger partial charge in [0.25, 0.3) is 0 Å². The Bertz CT molecular complexity index is 874. The second-order valence-electron chi connectivity index (χ2n) is 4.87. The van der Waals surface area contributed by atoms with E-state index in [2.05, 4.69) is 0 Å². The van der Waals surface area contributed by atoms with Crippen LogP contribution in [0.1, 0.15) is 11.1 Å². The highest BCUT2D eigenvalue weighted by molar-refractivity contribution is 14.1. The summed E-state index contributed by atoms with van der Waals surface area (Å²) in [6.45, 7) is -0.500. The van der Waals surface area contributed by atoms with Crippen molar-refractivity contribution in [2.75, 3.05) is 13.7 Å². The van der Waals surface area contributed by atoms with Crippen molar-refractivity contribution < 1.29 is 23.8 Å². The molecular weight excluding hydrogens is 440 g/mol. The zero-order valence-corrected chi connectivity index (χ0v) is 15.3. The minimum atomic E-state index is -1.10. The molecule has 0 fully saturated rings. The second kappa shape index (κ2) is 8.48. The summed E-state index contributed by atoms with van der Waals surface area (Å²) in [4.78, 5) is 10.7. The molecule has 0 amide bonds. The molecule has 0 heterocycles. The number of carboxylic acid groups (broad SMARTS) is 1. The predicted octanol–water partition coefficient (Wildman–Crippen LogP) is 3.97. The third-order valence-electron chi connectivity index (χ3n) is 3.19. The number of hydrogen-bond donors (Lipinski definition) is 1. The highest BCUT2D eigenvalue weighted by atomic mass is 127. The molecule has 0 unspecified atom stereocenters. The van der Waals surface area contributed by atoms with Gasteiger partial charge in [-0.3, -0.25) is 0 Å². The first-order valence-electron chi connectivity index (χ1n) is 7.05. The molecule has 5 nitrogen and oxygen atoms in total. The van der Waals surface area contributed by atoms with Gasteiger partial charge in [0, 0.05) is 5.56 Å². The average Bonchev–Trinajstić information content (AvgIpc) is 2.58. The number of nitriles is 1. The zero-order valence-electron chi connectivity index (χ0n) is 13.1. The van der Waals surface area contributed by atoms with Crippen LogP contribution in [-0.2, 0) is 4.79 Å². The lowest BCUT2D eigenvalue weighted by molar-refractivity contribution is -0.139. The van der Waals surface area contributed by atoms with E-state index in [1.807, 2.05) is 28.7 Å². The van der Waals surface area contributed by atoms with E-state index in [4.69, 9.17) is 14.6 Å². The molecule has 2 rings (SSSR count). The van der Waals surface area contributed by atoms with Gasteiger partial charge in [0.2, 0.25) is 0 Å². The summed E-state index contributed by atoms with van der Waals surface area (Å²) < 4.78 is 25.0. The molecule has 0 bridgehead atoms. The largest absolute Gasteiger partial charge is 0.493 e. The molecule has 0 aromatic heterocycles. The number of hydrogen-bond acceptors (Lipinski definition) is 4. The van der Waals surface area contributed by atoms with Crippen LogP contribution in [0.3, 0.4) is 0 Å². The van der Waals surface area contributed by atoms with Crippen molar-refractivity contribution in [1.29, 1.82) is 5.26 Å². The van der Waals surface area contributed by atoms with Crippen LogP contribution in [0.5, 0.6) is 11.5 Å². The monoisotopic (exact) mass is 453 g/mol. The molecule has 2 aromatic rings. The van der Waals surface area contributed by atoms with E-state index >= 15 is 0 Å². The zero-order chi connectivity index (χ0) is 18.4. The first-order chi connectivity index (χ1) is 12.0. The van der Waals surface area contributed by atoms with Crippen LogP contribution in [0.4, 0.5) is 4.39 Å². The molecule has 7 heteroatoms. The fraction of sp³-hybridized carbons (Fsp3) is 0.111. The number of halogens is 2. The van der Waals surface area contributed by atoms with Crippen molar-refractivity contribution in [2.24, 2.45) is 0 Å². The Kier molecular flexibility index (Phi) is 6.36. The number of nitrogens with zero attached hydrogens (tertiary/aromatic N) is 1. The maximum Gasteiger partial charge on any atom is 0.341 e. The van der Waals surface area contributed by atoms with Crippen LogP contribution in [0.15, 0.2) is 36.4 Å². The smallest absolute Gasteiger partial charge is 0.341 e. The van der Waals surface area contributed by atoms with Crippen molar-refractivity contribution in [3.63, 3.8) is 0 Å². The molecule has 0 radical (unpaired) electrons. The molecule has 2 aromatic carbocycles. The van der Waals surface area contributed by atoms with Crippen molar-refractivity contribution in [3.8, 4) is 17.6 Å². The standard InChI is InChI=1S/C18H13FINO4/c1-24-16-8-11(7-15(20)18(16)25-10-17(22)23)6-12(9-21)13-4-2-3-5-14(13)19/h2-8H,10H2,1H3,(H,22,23). The van der Waals surface area contributed by atoms with Gasteiger partial charge >= 0.3 is 5.97 Å². The van der Waals surface area contributed by atoms with Gasteiger partial charge in [-0.2, -0.15) is 5.26 Å². The minimum absolute atomic E-state index is 0.162. The maximum absolute atomic E-state index is 13.9. The van der Waals surface area contributed by atoms with Crippen molar-refractivity contribution >= 4 is 40.2 Å². The van der Waals surface area contributed by atoms with Gasteiger partial charge in [0.05, 0.1) is 22.3 Å². The number of rotatable bonds is 6. The Hall–Kier alpha value is -2.60. The molecule has 0 aliphatic heterocycles. The summed E-state index contributed by atoms with van der Waals surface area (Å²) in [5, 5.41) is 18.1. The van der Waals surface area contributed by atoms with Gasteiger partial charge in [-0.05, 0) is 52.4 Å². The number of allylic oxidation sites excluding steroid dienone is 1. The molecule has 0 aliphatic rings. The van der Waals surface area contributed by atoms with Gasteiger partial charge in [-0.1, -0.05) is 18.2 Å². The van der Waals surface area contributed by atoms with Crippen molar-refractivity contribution in [2.45, 2.75) is 0 Å². The summed E-state index contributed by atoms with van der Waals surface area (Å²) in [5.74, 6) is -0.969. The Morgan fingerprint density at radius 3 is 2.72 bits per heavy atom. The molecule has 0 atom stereocenters. The van der Waals surface area contributed by atoms with Crippen molar-refractivity contribution in [1.82, 2.24) is 0 Å². The van der Waals surface area contributed by atoms with E-state index in [9.17, 15) is 14.4 Å². The third kappa shape index (κ3) is 4.70. The van der Waals surface area contributed by atoms with Crippen LogP contribution < -0.4 is 9.47 Å². The first kappa shape index (κ1) is 18.7. The van der Waals surface area contributed by atoms with Gasteiger partial charge in [0.15, 0.2) is 18.1 Å². The van der Waals surface area contributed by atoms with Crippen LogP contribution in [-0.4, -0.2) is 24.8 Å². The Balaban J connectivity index is 2.46. The van der Waals surface area contributed by atoms with E-state index in [0.717, 1.165) is 0 Å². The summed E-state index contributed by atoms with van der Waals surface area (Å²) >= 11 is 1.98. The highest BCUT2D eigenvalue weighted by Gasteiger charge is 2.14. The lowest BCUT2D eigenvalue weighted by atomic mass is 10.0. The number of methoxy groups -OCH3 is 1. The minimum Gasteiger partial charge on any atom is -0.493 e. The quantitative estimate of drug-likeness (QED) is 0.407. The van der Waals surface area contributed by atoms with Gasteiger partial charge in [-0.25, -0.2) is 9.18 Å². The summed E-state index contributed by atoms with van der Waals surface area (Å²) in [5.41, 5.74) is 0.962. The number of carbonyl (C=O) groups is 1.